The van der Waals surface area contributed by atoms with Crippen molar-refractivity contribution in [1.29, 1.82) is 0 Å². The molecule has 0 heterocycles. The highest BCUT2D eigenvalue weighted by Crippen LogP contribution is 2.33. The lowest BCUT2D eigenvalue weighted by molar-refractivity contribution is 0.101. The maximum Gasteiger partial charge on any atom is 0.229 e. The van der Waals surface area contributed by atoms with E-state index in [9.17, 15) is 13.2 Å². The molecular weight excluding hydrogens is 258 g/mol. The van der Waals surface area contributed by atoms with Crippen molar-refractivity contribution in [3.05, 3.63) is 17.7 Å². The molecule has 0 aliphatic heterocycles. The van der Waals surface area contributed by atoms with Crippen molar-refractivity contribution >= 4 is 21.5 Å². The molecule has 0 saturated heterocycles. The van der Waals surface area contributed by atoms with Crippen LogP contribution in [0.1, 0.15) is 17.3 Å². The first-order chi connectivity index (χ1) is 8.28. The van der Waals surface area contributed by atoms with Crippen LogP contribution in [-0.4, -0.2) is 34.7 Å². The van der Waals surface area contributed by atoms with Crippen LogP contribution in [0.4, 0.5) is 5.69 Å². The number of carbonyl (C=O) groups is 1. The van der Waals surface area contributed by atoms with E-state index in [2.05, 4.69) is 4.72 Å². The average Bonchev–Trinajstić information content (AvgIpc) is 2.25. The van der Waals surface area contributed by atoms with Crippen molar-refractivity contribution in [3.63, 3.8) is 0 Å². The first-order valence-corrected chi connectivity index (χ1v) is 6.92. The number of hydrogen-bond acceptors (Lipinski definition) is 5. The molecule has 100 valence electrons. The Morgan fingerprint density at radius 1 is 1.17 bits per heavy atom. The van der Waals surface area contributed by atoms with Crippen LogP contribution in [0, 0.1) is 0 Å². The van der Waals surface area contributed by atoms with Gasteiger partial charge in [-0.05, 0) is 13.0 Å². The normalized spacial score (nSPS) is 10.9. The minimum atomic E-state index is -3.48. The second-order valence-electron chi connectivity index (χ2n) is 3.68. The Balaban J connectivity index is 3.42. The van der Waals surface area contributed by atoms with Gasteiger partial charge in [-0.3, -0.25) is 9.52 Å². The fraction of sp³-hybridized carbons (Fsp3) is 0.364. The van der Waals surface area contributed by atoms with E-state index in [-0.39, 0.29) is 17.0 Å². The maximum atomic E-state index is 11.5. The largest absolute Gasteiger partial charge is 0.493 e. The lowest BCUT2D eigenvalue weighted by atomic mass is 10.1. The van der Waals surface area contributed by atoms with Gasteiger partial charge in [0.25, 0.3) is 0 Å². The third-order valence-electron chi connectivity index (χ3n) is 2.20. The maximum absolute atomic E-state index is 11.5. The van der Waals surface area contributed by atoms with Crippen LogP contribution < -0.4 is 14.2 Å². The van der Waals surface area contributed by atoms with Crippen LogP contribution in [0.2, 0.25) is 0 Å². The van der Waals surface area contributed by atoms with Crippen LogP contribution in [-0.2, 0) is 10.0 Å². The highest BCUT2D eigenvalue weighted by molar-refractivity contribution is 7.92. The van der Waals surface area contributed by atoms with E-state index in [4.69, 9.17) is 9.47 Å². The molecule has 0 aromatic heterocycles. The van der Waals surface area contributed by atoms with Crippen LogP contribution in [0.5, 0.6) is 11.5 Å². The predicted molar refractivity (Wildman–Crippen MR) is 68.0 cm³/mol. The molecule has 1 aromatic rings. The molecule has 0 fully saturated rings. The highest BCUT2D eigenvalue weighted by atomic mass is 32.2. The summed E-state index contributed by atoms with van der Waals surface area (Å²) in [5, 5.41) is 0. The van der Waals surface area contributed by atoms with Crippen LogP contribution in [0.3, 0.4) is 0 Å². The van der Waals surface area contributed by atoms with E-state index in [1.54, 1.807) is 0 Å². The van der Waals surface area contributed by atoms with Crippen molar-refractivity contribution < 1.29 is 22.7 Å². The zero-order valence-electron chi connectivity index (χ0n) is 10.6. The van der Waals surface area contributed by atoms with Crippen molar-refractivity contribution in [2.45, 2.75) is 6.92 Å². The number of benzene rings is 1. The lowest BCUT2D eigenvalue weighted by Gasteiger charge is -2.13. The molecule has 0 spiro atoms. The number of anilines is 1. The predicted octanol–water partition coefficient (Wildman–Crippen LogP) is 1.28. The van der Waals surface area contributed by atoms with Gasteiger partial charge in [0.15, 0.2) is 17.3 Å². The summed E-state index contributed by atoms with van der Waals surface area (Å²) in [4.78, 5) is 11.5. The van der Waals surface area contributed by atoms with E-state index in [1.165, 1.54) is 33.3 Å². The summed E-state index contributed by atoms with van der Waals surface area (Å²) in [6, 6.07) is 2.85. The lowest BCUT2D eigenvalue weighted by Crippen LogP contribution is -2.13. The molecule has 1 N–H and O–H groups in total. The number of rotatable bonds is 5. The molecule has 6 nitrogen and oxygen atoms in total. The average molecular weight is 273 g/mol. The molecule has 0 atom stereocenters. The van der Waals surface area contributed by atoms with Gasteiger partial charge in [0.2, 0.25) is 10.0 Å². The first kappa shape index (κ1) is 14.3. The minimum absolute atomic E-state index is 0.169. The standard InChI is InChI=1S/C11H15NO5S/c1-7(13)8-5-10(16-2)11(17-3)6-9(8)12-18(4,14)15/h5-6,12H,1-4H3. The van der Waals surface area contributed by atoms with Crippen LogP contribution in [0.15, 0.2) is 12.1 Å². The van der Waals surface area contributed by atoms with Crippen molar-refractivity contribution in [1.82, 2.24) is 0 Å². The minimum Gasteiger partial charge on any atom is -0.493 e. The topological polar surface area (TPSA) is 81.7 Å². The molecule has 1 aromatic carbocycles. The first-order valence-electron chi connectivity index (χ1n) is 5.03. The second-order valence-corrected chi connectivity index (χ2v) is 5.43. The van der Waals surface area contributed by atoms with Gasteiger partial charge in [0.05, 0.1) is 26.2 Å². The van der Waals surface area contributed by atoms with Crippen molar-refractivity contribution in [2.24, 2.45) is 0 Å². The summed E-state index contributed by atoms with van der Waals surface area (Å²) in [6.07, 6.45) is 1.01. The Kier molecular flexibility index (Phi) is 4.18. The number of ether oxygens (including phenoxy) is 2. The number of nitrogens with one attached hydrogen (secondary N) is 1. The Hall–Kier alpha value is -1.76. The van der Waals surface area contributed by atoms with Gasteiger partial charge in [-0.1, -0.05) is 0 Å². The Morgan fingerprint density at radius 2 is 1.67 bits per heavy atom. The monoisotopic (exact) mass is 273 g/mol. The van der Waals surface area contributed by atoms with Gasteiger partial charge in [0, 0.05) is 11.6 Å². The Morgan fingerprint density at radius 3 is 2.06 bits per heavy atom. The number of methoxy groups -OCH3 is 2. The molecule has 0 unspecified atom stereocenters. The summed E-state index contributed by atoms with van der Waals surface area (Å²) in [7, 11) is -0.614. The molecule has 0 saturated carbocycles. The molecule has 0 aliphatic rings. The summed E-state index contributed by atoms with van der Waals surface area (Å²) < 4.78 is 34.9. The third kappa shape index (κ3) is 3.36. The summed E-state index contributed by atoms with van der Waals surface area (Å²) in [5.41, 5.74) is 0.390. The zero-order valence-corrected chi connectivity index (χ0v) is 11.4. The smallest absolute Gasteiger partial charge is 0.229 e. The van der Waals surface area contributed by atoms with E-state index >= 15 is 0 Å². The summed E-state index contributed by atoms with van der Waals surface area (Å²) in [5.74, 6) is 0.428. The molecule has 0 amide bonds. The molecule has 0 radical (unpaired) electrons. The SMILES string of the molecule is COc1cc(NS(C)(=O)=O)c(C(C)=O)cc1OC. The van der Waals surface area contributed by atoms with E-state index in [1.807, 2.05) is 0 Å². The number of sulfonamides is 1. The fourth-order valence-electron chi connectivity index (χ4n) is 1.45. The third-order valence-corrected chi connectivity index (χ3v) is 2.79. The van der Waals surface area contributed by atoms with E-state index < -0.39 is 10.0 Å². The highest BCUT2D eigenvalue weighted by Gasteiger charge is 2.16. The Labute approximate surface area is 106 Å². The number of hydrogen-bond donors (Lipinski definition) is 1. The second kappa shape index (κ2) is 5.26. The van der Waals surface area contributed by atoms with Crippen molar-refractivity contribution in [3.8, 4) is 11.5 Å². The van der Waals surface area contributed by atoms with Crippen LogP contribution in [0.25, 0.3) is 0 Å². The van der Waals surface area contributed by atoms with Gasteiger partial charge in [0.1, 0.15) is 0 Å². The van der Waals surface area contributed by atoms with Gasteiger partial charge in [-0.2, -0.15) is 0 Å². The number of carbonyl (C=O) groups excluding carboxylic acids is 1. The number of ketones is 1. The van der Waals surface area contributed by atoms with Gasteiger partial charge < -0.3 is 9.47 Å². The quantitative estimate of drug-likeness (QED) is 0.817. The molecular formula is C11H15NO5S. The molecule has 1 rings (SSSR count). The summed E-state index contributed by atoms with van der Waals surface area (Å²) >= 11 is 0. The zero-order chi connectivity index (χ0) is 13.9. The Bertz CT molecular complexity index is 565. The molecule has 0 aliphatic carbocycles. The van der Waals surface area contributed by atoms with Gasteiger partial charge >= 0.3 is 0 Å². The van der Waals surface area contributed by atoms with Gasteiger partial charge in [-0.15, -0.1) is 0 Å². The van der Waals surface area contributed by atoms with Crippen LogP contribution >= 0.6 is 0 Å². The summed E-state index contributed by atoms with van der Waals surface area (Å²) in [6.45, 7) is 1.34. The molecule has 0 bridgehead atoms. The van der Waals surface area contributed by atoms with Gasteiger partial charge in [-0.25, -0.2) is 8.42 Å². The van der Waals surface area contributed by atoms with E-state index in [0.717, 1.165) is 6.26 Å². The molecule has 7 heteroatoms. The van der Waals surface area contributed by atoms with E-state index in [0.29, 0.717) is 11.5 Å². The molecule has 18 heavy (non-hydrogen) atoms. The van der Waals surface area contributed by atoms with Crippen molar-refractivity contribution in [2.75, 3.05) is 25.2 Å². The number of Topliss-reactive ketones (excluding diaryl/α,β-unsaturated/α-hetero) is 1. The fourth-order valence-corrected chi connectivity index (χ4v) is 2.02.